The lowest BCUT2D eigenvalue weighted by Crippen LogP contribution is -2.02. The zero-order valence-corrected chi connectivity index (χ0v) is 9.48. The van der Waals surface area contributed by atoms with Crippen molar-refractivity contribution in [3.05, 3.63) is 53.6 Å². The van der Waals surface area contributed by atoms with E-state index in [4.69, 9.17) is 10.5 Å². The van der Waals surface area contributed by atoms with E-state index < -0.39 is 5.82 Å². The Labute approximate surface area is 99.1 Å². The van der Waals surface area contributed by atoms with Crippen molar-refractivity contribution in [2.45, 2.75) is 13.5 Å². The van der Waals surface area contributed by atoms with Crippen molar-refractivity contribution in [3.8, 4) is 5.75 Å². The molecule has 0 fully saturated rings. The maximum Gasteiger partial charge on any atom is 0.188 e. The second-order valence-electron chi connectivity index (χ2n) is 3.72. The van der Waals surface area contributed by atoms with Crippen molar-refractivity contribution >= 4 is 5.69 Å². The monoisotopic (exact) mass is 232 g/mol. The van der Waals surface area contributed by atoms with Crippen LogP contribution in [0.25, 0.3) is 0 Å². The van der Waals surface area contributed by atoms with Gasteiger partial charge in [0.1, 0.15) is 6.61 Å². The van der Waals surface area contributed by atoms with Crippen LogP contribution in [0.1, 0.15) is 11.3 Å². The van der Waals surface area contributed by atoms with Crippen LogP contribution in [0.15, 0.2) is 36.5 Å². The van der Waals surface area contributed by atoms with Gasteiger partial charge >= 0.3 is 0 Å². The summed E-state index contributed by atoms with van der Waals surface area (Å²) in [5.74, 6) is -0.323. The van der Waals surface area contributed by atoms with Gasteiger partial charge in [0.15, 0.2) is 11.6 Å². The number of aryl methyl sites for hydroxylation is 1. The molecule has 0 atom stereocenters. The Balaban J connectivity index is 2.17. The highest BCUT2D eigenvalue weighted by molar-refractivity contribution is 5.50. The lowest BCUT2D eigenvalue weighted by atomic mass is 10.2. The van der Waals surface area contributed by atoms with Crippen LogP contribution in [0.3, 0.4) is 0 Å². The second-order valence-corrected chi connectivity index (χ2v) is 3.72. The Morgan fingerprint density at radius 3 is 2.82 bits per heavy atom. The van der Waals surface area contributed by atoms with Gasteiger partial charge in [0, 0.05) is 6.20 Å². The molecular formula is C13H13FN2O. The molecule has 0 unspecified atom stereocenters. The molecule has 0 aliphatic carbocycles. The zero-order chi connectivity index (χ0) is 12.3. The van der Waals surface area contributed by atoms with Gasteiger partial charge in [-0.2, -0.15) is 0 Å². The average Bonchev–Trinajstić information content (AvgIpc) is 2.35. The number of hydrogen-bond donors (Lipinski definition) is 1. The highest BCUT2D eigenvalue weighted by Crippen LogP contribution is 2.27. The number of nitrogen functional groups attached to an aromatic ring is 1. The molecule has 0 saturated heterocycles. The summed E-state index contributed by atoms with van der Waals surface area (Å²) in [6.45, 7) is 2.00. The van der Waals surface area contributed by atoms with Crippen LogP contribution in [0.2, 0.25) is 0 Å². The Morgan fingerprint density at radius 2 is 2.12 bits per heavy atom. The lowest BCUT2D eigenvalue weighted by molar-refractivity contribution is 0.284. The molecule has 0 aliphatic heterocycles. The van der Waals surface area contributed by atoms with Gasteiger partial charge in [-0.05, 0) is 30.7 Å². The minimum atomic E-state index is -0.513. The largest absolute Gasteiger partial charge is 0.484 e. The topological polar surface area (TPSA) is 48.1 Å². The van der Waals surface area contributed by atoms with Crippen LogP contribution in [-0.4, -0.2) is 4.98 Å². The molecule has 88 valence electrons. The lowest BCUT2D eigenvalue weighted by Gasteiger charge is -2.10. The summed E-state index contributed by atoms with van der Waals surface area (Å²) in [5, 5.41) is 0. The molecule has 0 bridgehead atoms. The molecular weight excluding hydrogens is 219 g/mol. The van der Waals surface area contributed by atoms with E-state index in [9.17, 15) is 4.39 Å². The summed E-state index contributed by atoms with van der Waals surface area (Å²) in [7, 11) is 0. The number of pyridine rings is 1. The normalized spacial score (nSPS) is 10.2. The number of anilines is 1. The number of hydrogen-bond acceptors (Lipinski definition) is 3. The van der Waals surface area contributed by atoms with Crippen molar-refractivity contribution in [2.24, 2.45) is 0 Å². The summed E-state index contributed by atoms with van der Waals surface area (Å²) >= 11 is 0. The molecule has 1 aromatic carbocycles. The highest BCUT2D eigenvalue weighted by Gasteiger charge is 2.10. The third-order valence-corrected chi connectivity index (χ3v) is 2.41. The van der Waals surface area contributed by atoms with Crippen molar-refractivity contribution in [1.29, 1.82) is 0 Å². The fourth-order valence-corrected chi connectivity index (χ4v) is 1.47. The van der Waals surface area contributed by atoms with Crippen LogP contribution in [-0.2, 0) is 6.61 Å². The van der Waals surface area contributed by atoms with Gasteiger partial charge in [-0.15, -0.1) is 0 Å². The summed E-state index contributed by atoms with van der Waals surface area (Å²) < 4.78 is 19.1. The Bertz CT molecular complexity index is 514. The van der Waals surface area contributed by atoms with Crippen LogP contribution >= 0.6 is 0 Å². The molecule has 1 aromatic heterocycles. The molecule has 0 aliphatic rings. The van der Waals surface area contributed by atoms with Crippen molar-refractivity contribution in [3.63, 3.8) is 0 Å². The first-order chi connectivity index (χ1) is 8.18. The summed E-state index contributed by atoms with van der Waals surface area (Å²) in [4.78, 5) is 4.10. The molecule has 2 N–H and O–H groups in total. The Morgan fingerprint density at radius 1 is 1.29 bits per heavy atom. The summed E-state index contributed by atoms with van der Waals surface area (Å²) in [6, 6.07) is 8.74. The molecule has 0 saturated carbocycles. The van der Waals surface area contributed by atoms with E-state index in [2.05, 4.69) is 4.98 Å². The highest BCUT2D eigenvalue weighted by atomic mass is 19.1. The van der Waals surface area contributed by atoms with E-state index in [1.165, 1.54) is 6.07 Å². The van der Waals surface area contributed by atoms with Crippen molar-refractivity contribution in [1.82, 2.24) is 4.98 Å². The molecule has 2 aromatic rings. The van der Waals surface area contributed by atoms with Gasteiger partial charge in [-0.3, -0.25) is 4.98 Å². The number of nitrogens with two attached hydrogens (primary N) is 1. The van der Waals surface area contributed by atoms with E-state index in [0.717, 1.165) is 5.69 Å². The second kappa shape index (κ2) is 4.82. The van der Waals surface area contributed by atoms with Gasteiger partial charge in [0.25, 0.3) is 0 Å². The van der Waals surface area contributed by atoms with Gasteiger partial charge in [0.2, 0.25) is 0 Å². The molecule has 4 heteroatoms. The number of benzene rings is 1. The fourth-order valence-electron chi connectivity index (χ4n) is 1.47. The van der Waals surface area contributed by atoms with Crippen molar-refractivity contribution in [2.75, 3.05) is 5.73 Å². The minimum absolute atomic E-state index is 0.0895. The smallest absolute Gasteiger partial charge is 0.188 e. The standard InChI is InChI=1S/C13H13FN2O/c1-9-5-6-11(15)12(14)13(9)17-8-10-4-2-3-7-16-10/h2-7H,8,15H2,1H3. The number of halogens is 1. The predicted octanol–water partition coefficient (Wildman–Crippen LogP) is 2.69. The number of ether oxygens (including phenoxy) is 1. The predicted molar refractivity (Wildman–Crippen MR) is 64.1 cm³/mol. The maximum atomic E-state index is 13.7. The Hall–Kier alpha value is -2.10. The third-order valence-electron chi connectivity index (χ3n) is 2.41. The minimum Gasteiger partial charge on any atom is -0.484 e. The number of aromatic nitrogens is 1. The quantitative estimate of drug-likeness (QED) is 0.828. The van der Waals surface area contributed by atoms with Crippen LogP contribution in [0, 0.1) is 12.7 Å². The van der Waals surface area contributed by atoms with Crippen LogP contribution in [0.4, 0.5) is 10.1 Å². The van der Waals surface area contributed by atoms with E-state index in [-0.39, 0.29) is 18.0 Å². The molecule has 0 radical (unpaired) electrons. The average molecular weight is 232 g/mol. The summed E-state index contributed by atoms with van der Waals surface area (Å²) in [5.41, 5.74) is 7.04. The van der Waals surface area contributed by atoms with E-state index in [1.807, 2.05) is 18.2 Å². The first kappa shape index (κ1) is 11.4. The first-order valence-corrected chi connectivity index (χ1v) is 5.26. The first-order valence-electron chi connectivity index (χ1n) is 5.26. The van der Waals surface area contributed by atoms with Crippen LogP contribution < -0.4 is 10.5 Å². The van der Waals surface area contributed by atoms with Gasteiger partial charge in [0.05, 0.1) is 11.4 Å². The summed E-state index contributed by atoms with van der Waals surface area (Å²) in [6.07, 6.45) is 1.67. The zero-order valence-electron chi connectivity index (χ0n) is 9.48. The van der Waals surface area contributed by atoms with Gasteiger partial charge in [-0.1, -0.05) is 12.1 Å². The number of nitrogens with zero attached hydrogens (tertiary/aromatic N) is 1. The molecule has 1 heterocycles. The SMILES string of the molecule is Cc1ccc(N)c(F)c1OCc1ccccn1. The molecule has 17 heavy (non-hydrogen) atoms. The van der Waals surface area contributed by atoms with Gasteiger partial charge in [-0.25, -0.2) is 4.39 Å². The van der Waals surface area contributed by atoms with Crippen molar-refractivity contribution < 1.29 is 9.13 Å². The number of rotatable bonds is 3. The maximum absolute atomic E-state index is 13.7. The molecule has 2 rings (SSSR count). The fraction of sp³-hybridized carbons (Fsp3) is 0.154. The molecule has 0 spiro atoms. The van der Waals surface area contributed by atoms with E-state index in [1.54, 1.807) is 19.2 Å². The van der Waals surface area contributed by atoms with Gasteiger partial charge < -0.3 is 10.5 Å². The Kier molecular flexibility index (Phi) is 3.23. The molecule has 0 amide bonds. The van der Waals surface area contributed by atoms with E-state index >= 15 is 0 Å². The molecule has 3 nitrogen and oxygen atoms in total. The van der Waals surface area contributed by atoms with E-state index in [0.29, 0.717) is 5.56 Å². The van der Waals surface area contributed by atoms with Crippen LogP contribution in [0.5, 0.6) is 5.75 Å². The third kappa shape index (κ3) is 2.53.